The van der Waals surface area contributed by atoms with Crippen LogP contribution in [0.4, 0.5) is 8.78 Å². The number of sulfonamides is 1. The third-order valence-electron chi connectivity index (χ3n) is 4.98. The van der Waals surface area contributed by atoms with Gasteiger partial charge in [0.05, 0.1) is 20.8 Å². The number of ether oxygens (including phenoxy) is 2. The third-order valence-corrected chi connectivity index (χ3v) is 6.81. The van der Waals surface area contributed by atoms with Crippen LogP contribution in [-0.4, -0.2) is 39.4 Å². The van der Waals surface area contributed by atoms with E-state index in [1.165, 1.54) is 50.6 Å². The van der Waals surface area contributed by atoms with Gasteiger partial charge < -0.3 is 14.8 Å². The molecule has 0 spiro atoms. The maximum Gasteiger partial charge on any atom is 0.246 e. The van der Waals surface area contributed by atoms with Crippen molar-refractivity contribution in [3.8, 4) is 11.5 Å². The fourth-order valence-corrected chi connectivity index (χ4v) is 4.67. The van der Waals surface area contributed by atoms with E-state index >= 15 is 0 Å². The van der Waals surface area contributed by atoms with Gasteiger partial charge in [-0.05, 0) is 47.5 Å². The van der Waals surface area contributed by atoms with Crippen molar-refractivity contribution in [2.45, 2.75) is 18.0 Å². The number of nitrogens with one attached hydrogen (secondary N) is 1. The Morgan fingerprint density at radius 2 is 1.56 bits per heavy atom. The van der Waals surface area contributed by atoms with Gasteiger partial charge in [0.15, 0.2) is 11.5 Å². The first-order chi connectivity index (χ1) is 16.2. The minimum absolute atomic E-state index is 0.101. The summed E-state index contributed by atoms with van der Waals surface area (Å²) in [4.78, 5) is 12.1. The highest BCUT2D eigenvalue weighted by molar-refractivity contribution is 7.89. The van der Waals surface area contributed by atoms with Crippen LogP contribution in [0.1, 0.15) is 11.1 Å². The quantitative estimate of drug-likeness (QED) is 0.470. The van der Waals surface area contributed by atoms with E-state index in [2.05, 4.69) is 5.32 Å². The average molecular weight is 491 g/mol. The molecule has 34 heavy (non-hydrogen) atoms. The summed E-state index contributed by atoms with van der Waals surface area (Å²) in [7, 11) is -1.38. The topological polar surface area (TPSA) is 84.9 Å². The number of hydrogen-bond acceptors (Lipinski definition) is 5. The second-order valence-corrected chi connectivity index (χ2v) is 9.20. The molecule has 3 aromatic carbocycles. The van der Waals surface area contributed by atoms with Crippen molar-refractivity contribution in [1.29, 1.82) is 0 Å². The van der Waals surface area contributed by atoms with Gasteiger partial charge in [-0.25, -0.2) is 17.2 Å². The number of benzene rings is 3. The van der Waals surface area contributed by atoms with Crippen molar-refractivity contribution >= 4 is 15.9 Å². The van der Waals surface area contributed by atoms with Crippen molar-refractivity contribution in [3.05, 3.63) is 89.5 Å². The van der Waals surface area contributed by atoms with Gasteiger partial charge in [-0.3, -0.25) is 4.79 Å². The fraction of sp³-hybridized carbons (Fsp3) is 0.208. The molecule has 1 amide bonds. The minimum atomic E-state index is -4.37. The van der Waals surface area contributed by atoms with Gasteiger partial charge in [0.2, 0.25) is 15.9 Å². The number of carbonyl (C=O) groups is 1. The van der Waals surface area contributed by atoms with E-state index in [4.69, 9.17) is 9.47 Å². The lowest BCUT2D eigenvalue weighted by atomic mass is 10.2. The summed E-state index contributed by atoms with van der Waals surface area (Å²) in [6, 6.07) is 15.2. The molecule has 3 rings (SSSR count). The van der Waals surface area contributed by atoms with Gasteiger partial charge in [0.1, 0.15) is 16.5 Å². The molecule has 10 heteroatoms. The lowest BCUT2D eigenvalue weighted by Crippen LogP contribution is -2.40. The number of halogens is 2. The minimum Gasteiger partial charge on any atom is -0.493 e. The standard InChI is InChI=1S/C24H24F2N2O5S/c1-32-21-12-9-18(13-22(21)33-2)14-27-24(29)16-28(15-17-7-10-19(25)11-8-17)34(30,31)23-6-4-3-5-20(23)26/h3-13H,14-16H2,1-2H3,(H,27,29). The van der Waals surface area contributed by atoms with Crippen molar-refractivity contribution in [3.63, 3.8) is 0 Å². The number of nitrogens with zero attached hydrogens (tertiary/aromatic N) is 1. The molecule has 0 aromatic heterocycles. The van der Waals surface area contributed by atoms with Crippen LogP contribution >= 0.6 is 0 Å². The number of rotatable bonds is 10. The molecule has 0 radical (unpaired) electrons. The molecule has 0 saturated heterocycles. The zero-order valence-corrected chi connectivity index (χ0v) is 19.4. The summed E-state index contributed by atoms with van der Waals surface area (Å²) in [5.41, 5.74) is 1.14. The van der Waals surface area contributed by atoms with E-state index in [9.17, 15) is 22.0 Å². The van der Waals surface area contributed by atoms with Gasteiger partial charge in [0.25, 0.3) is 0 Å². The van der Waals surface area contributed by atoms with E-state index in [-0.39, 0.29) is 13.1 Å². The maximum absolute atomic E-state index is 14.3. The Kier molecular flexibility index (Phi) is 8.19. The molecule has 180 valence electrons. The molecule has 0 aliphatic carbocycles. The second-order valence-electron chi connectivity index (χ2n) is 7.30. The Bertz CT molecular complexity index is 1250. The molecule has 7 nitrogen and oxygen atoms in total. The Labute approximate surface area is 197 Å². The number of carbonyl (C=O) groups excluding carboxylic acids is 1. The molecule has 0 heterocycles. The Morgan fingerprint density at radius 3 is 2.21 bits per heavy atom. The van der Waals surface area contributed by atoms with E-state index in [1.54, 1.807) is 18.2 Å². The molecule has 0 unspecified atom stereocenters. The van der Waals surface area contributed by atoms with Crippen molar-refractivity contribution in [2.24, 2.45) is 0 Å². The average Bonchev–Trinajstić information content (AvgIpc) is 2.83. The SMILES string of the molecule is COc1ccc(CNC(=O)CN(Cc2ccc(F)cc2)S(=O)(=O)c2ccccc2F)cc1OC. The predicted octanol–water partition coefficient (Wildman–Crippen LogP) is 3.49. The molecule has 0 aliphatic heterocycles. The van der Waals surface area contributed by atoms with Crippen LogP contribution in [0.2, 0.25) is 0 Å². The molecule has 1 N–H and O–H groups in total. The van der Waals surface area contributed by atoms with E-state index in [0.717, 1.165) is 16.4 Å². The molecule has 0 atom stereocenters. The third kappa shape index (κ3) is 6.09. The lowest BCUT2D eigenvalue weighted by molar-refractivity contribution is -0.121. The van der Waals surface area contributed by atoms with Crippen molar-refractivity contribution in [1.82, 2.24) is 9.62 Å². The highest BCUT2D eigenvalue weighted by Gasteiger charge is 2.29. The van der Waals surface area contributed by atoms with Crippen LogP contribution in [0.25, 0.3) is 0 Å². The second kappa shape index (κ2) is 11.1. The molecule has 3 aromatic rings. The van der Waals surface area contributed by atoms with Gasteiger partial charge in [-0.2, -0.15) is 4.31 Å². The van der Waals surface area contributed by atoms with Crippen LogP contribution in [-0.2, 0) is 27.9 Å². The van der Waals surface area contributed by atoms with Crippen LogP contribution in [0, 0.1) is 11.6 Å². The first-order valence-corrected chi connectivity index (χ1v) is 11.7. The monoisotopic (exact) mass is 490 g/mol. The Hall–Kier alpha value is -3.50. The molecular formula is C24H24F2N2O5S. The van der Waals surface area contributed by atoms with Crippen molar-refractivity contribution in [2.75, 3.05) is 20.8 Å². The maximum atomic E-state index is 14.3. The van der Waals surface area contributed by atoms with Gasteiger partial charge in [0, 0.05) is 13.1 Å². The van der Waals surface area contributed by atoms with Crippen LogP contribution in [0.15, 0.2) is 71.6 Å². The first kappa shape index (κ1) is 25.1. The van der Waals surface area contributed by atoms with Gasteiger partial charge in [-0.1, -0.05) is 30.3 Å². The smallest absolute Gasteiger partial charge is 0.246 e. The highest BCUT2D eigenvalue weighted by Crippen LogP contribution is 2.27. The highest BCUT2D eigenvalue weighted by atomic mass is 32.2. The van der Waals surface area contributed by atoms with Gasteiger partial charge >= 0.3 is 0 Å². The van der Waals surface area contributed by atoms with Crippen molar-refractivity contribution < 1.29 is 31.5 Å². The molecule has 0 fully saturated rings. The van der Waals surface area contributed by atoms with Crippen LogP contribution < -0.4 is 14.8 Å². The first-order valence-electron chi connectivity index (χ1n) is 10.2. The van der Waals surface area contributed by atoms with Crippen LogP contribution in [0.5, 0.6) is 11.5 Å². The molecular weight excluding hydrogens is 466 g/mol. The number of hydrogen-bond donors (Lipinski definition) is 1. The lowest BCUT2D eigenvalue weighted by Gasteiger charge is -2.22. The molecule has 0 bridgehead atoms. The predicted molar refractivity (Wildman–Crippen MR) is 122 cm³/mol. The zero-order valence-electron chi connectivity index (χ0n) is 18.6. The Morgan fingerprint density at radius 1 is 0.912 bits per heavy atom. The Balaban J connectivity index is 1.80. The molecule has 0 aliphatic rings. The van der Waals surface area contributed by atoms with E-state index < -0.39 is 39.0 Å². The number of methoxy groups -OCH3 is 2. The fourth-order valence-electron chi connectivity index (χ4n) is 3.22. The number of amides is 1. The molecule has 0 saturated carbocycles. The van der Waals surface area contributed by atoms with Crippen LogP contribution in [0.3, 0.4) is 0 Å². The van der Waals surface area contributed by atoms with Gasteiger partial charge in [-0.15, -0.1) is 0 Å². The summed E-state index contributed by atoms with van der Waals surface area (Å²) in [5.74, 6) is -1.01. The summed E-state index contributed by atoms with van der Waals surface area (Å²) >= 11 is 0. The summed E-state index contributed by atoms with van der Waals surface area (Å²) in [6.45, 7) is -0.717. The summed E-state index contributed by atoms with van der Waals surface area (Å²) in [5, 5.41) is 2.66. The zero-order chi connectivity index (χ0) is 24.7. The summed E-state index contributed by atoms with van der Waals surface area (Å²) in [6.07, 6.45) is 0. The summed E-state index contributed by atoms with van der Waals surface area (Å²) < 4.78 is 65.2. The van der Waals surface area contributed by atoms with E-state index in [1.807, 2.05) is 0 Å². The largest absolute Gasteiger partial charge is 0.493 e. The van der Waals surface area contributed by atoms with E-state index in [0.29, 0.717) is 22.6 Å². The normalized spacial score (nSPS) is 11.3.